The van der Waals surface area contributed by atoms with Crippen LogP contribution in [0.25, 0.3) is 0 Å². The number of fused-ring (bicyclic) bond motifs is 1. The summed E-state index contributed by atoms with van der Waals surface area (Å²) in [4.78, 5) is 14.9. The van der Waals surface area contributed by atoms with Crippen LogP contribution in [0, 0.1) is 0 Å². The molecule has 4 nitrogen and oxygen atoms in total. The quantitative estimate of drug-likeness (QED) is 0.868. The lowest BCUT2D eigenvalue weighted by atomic mass is 9.90. The monoisotopic (exact) mass is 311 g/mol. The van der Waals surface area contributed by atoms with Crippen molar-refractivity contribution in [1.29, 1.82) is 0 Å². The summed E-state index contributed by atoms with van der Waals surface area (Å²) in [6, 6.07) is 6.39. The zero-order valence-electron chi connectivity index (χ0n) is 14.2. The Kier molecular flexibility index (Phi) is 4.51. The van der Waals surface area contributed by atoms with E-state index in [4.69, 9.17) is 0 Å². The minimum absolute atomic E-state index is 0.109. The molecular weight excluding hydrogens is 286 g/mol. The van der Waals surface area contributed by atoms with Gasteiger partial charge in [-0.15, -0.1) is 0 Å². The van der Waals surface area contributed by atoms with Crippen LogP contribution in [0.5, 0.6) is 0 Å². The van der Waals surface area contributed by atoms with Crippen LogP contribution in [0.3, 0.4) is 0 Å². The molecule has 0 unspecified atom stereocenters. The van der Waals surface area contributed by atoms with Crippen molar-refractivity contribution in [2.45, 2.75) is 52.1 Å². The summed E-state index contributed by atoms with van der Waals surface area (Å²) >= 11 is 0. The van der Waals surface area contributed by atoms with Gasteiger partial charge in [-0.3, -0.25) is 9.48 Å². The first-order valence-corrected chi connectivity index (χ1v) is 8.45. The SMILES string of the molecule is CC(C)N(Cc1cnn(C)c1)C(=O)c1ccc2c(c1)CCCC2. The maximum Gasteiger partial charge on any atom is 0.254 e. The predicted octanol–water partition coefficient (Wildman–Crippen LogP) is 3.35. The molecule has 1 aromatic heterocycles. The molecule has 0 spiro atoms. The number of benzene rings is 1. The van der Waals surface area contributed by atoms with Gasteiger partial charge in [-0.05, 0) is 62.8 Å². The van der Waals surface area contributed by atoms with E-state index >= 15 is 0 Å². The lowest BCUT2D eigenvalue weighted by molar-refractivity contribution is 0.0690. The molecule has 0 bridgehead atoms. The first-order chi connectivity index (χ1) is 11.0. The van der Waals surface area contributed by atoms with Gasteiger partial charge in [-0.2, -0.15) is 5.10 Å². The molecule has 23 heavy (non-hydrogen) atoms. The smallest absolute Gasteiger partial charge is 0.254 e. The summed E-state index contributed by atoms with van der Waals surface area (Å²) in [7, 11) is 1.90. The highest BCUT2D eigenvalue weighted by Gasteiger charge is 2.21. The third-order valence-electron chi connectivity index (χ3n) is 4.59. The highest BCUT2D eigenvalue weighted by Crippen LogP contribution is 2.23. The van der Waals surface area contributed by atoms with Gasteiger partial charge in [0.2, 0.25) is 0 Å². The van der Waals surface area contributed by atoms with E-state index in [1.165, 1.54) is 24.0 Å². The average molecular weight is 311 g/mol. The maximum absolute atomic E-state index is 13.0. The second kappa shape index (κ2) is 6.57. The summed E-state index contributed by atoms with van der Waals surface area (Å²) in [5, 5.41) is 4.20. The molecule has 1 aromatic carbocycles. The number of rotatable bonds is 4. The van der Waals surface area contributed by atoms with E-state index in [2.05, 4.69) is 31.1 Å². The number of aryl methyl sites for hydroxylation is 3. The van der Waals surface area contributed by atoms with Crippen LogP contribution in [0.2, 0.25) is 0 Å². The van der Waals surface area contributed by atoms with Crippen LogP contribution < -0.4 is 0 Å². The van der Waals surface area contributed by atoms with Crippen molar-refractivity contribution in [2.24, 2.45) is 7.05 Å². The molecule has 0 aliphatic heterocycles. The lowest BCUT2D eigenvalue weighted by Crippen LogP contribution is -2.36. The molecule has 1 amide bonds. The molecule has 0 atom stereocenters. The van der Waals surface area contributed by atoms with Gasteiger partial charge in [0.05, 0.1) is 6.20 Å². The molecule has 0 saturated heterocycles. The zero-order chi connectivity index (χ0) is 16.4. The maximum atomic E-state index is 13.0. The van der Waals surface area contributed by atoms with Crippen LogP contribution in [0.15, 0.2) is 30.6 Å². The van der Waals surface area contributed by atoms with Crippen LogP contribution in [0.1, 0.15) is 53.7 Å². The van der Waals surface area contributed by atoms with Gasteiger partial charge >= 0.3 is 0 Å². The van der Waals surface area contributed by atoms with E-state index in [1.54, 1.807) is 4.68 Å². The van der Waals surface area contributed by atoms with Gasteiger partial charge in [0, 0.05) is 37.0 Å². The zero-order valence-corrected chi connectivity index (χ0v) is 14.2. The fourth-order valence-electron chi connectivity index (χ4n) is 3.27. The number of hydrogen-bond acceptors (Lipinski definition) is 2. The molecule has 0 fully saturated rings. The largest absolute Gasteiger partial charge is 0.332 e. The van der Waals surface area contributed by atoms with Gasteiger partial charge in [0.25, 0.3) is 5.91 Å². The Hall–Kier alpha value is -2.10. The number of carbonyl (C=O) groups excluding carboxylic acids is 1. The summed E-state index contributed by atoms with van der Waals surface area (Å²) in [6.45, 7) is 4.72. The van der Waals surface area contributed by atoms with E-state index in [9.17, 15) is 4.79 Å². The first-order valence-electron chi connectivity index (χ1n) is 8.45. The van der Waals surface area contributed by atoms with Crippen molar-refractivity contribution >= 4 is 5.91 Å². The van der Waals surface area contributed by atoms with Crippen LogP contribution >= 0.6 is 0 Å². The van der Waals surface area contributed by atoms with E-state index in [0.29, 0.717) is 6.54 Å². The third-order valence-corrected chi connectivity index (χ3v) is 4.59. The number of nitrogens with zero attached hydrogens (tertiary/aromatic N) is 3. The number of carbonyl (C=O) groups is 1. The van der Waals surface area contributed by atoms with Crippen molar-refractivity contribution in [3.63, 3.8) is 0 Å². The molecule has 1 heterocycles. The van der Waals surface area contributed by atoms with Crippen LogP contribution in [-0.2, 0) is 26.4 Å². The number of aromatic nitrogens is 2. The Morgan fingerprint density at radius 1 is 1.26 bits per heavy atom. The first kappa shape index (κ1) is 15.8. The Labute approximate surface area is 138 Å². The van der Waals surface area contributed by atoms with E-state index in [1.807, 2.05) is 30.4 Å². The van der Waals surface area contributed by atoms with Crippen LogP contribution in [-0.4, -0.2) is 26.6 Å². The second-order valence-corrected chi connectivity index (χ2v) is 6.74. The minimum Gasteiger partial charge on any atom is -0.332 e. The Morgan fingerprint density at radius 3 is 2.65 bits per heavy atom. The standard InChI is InChI=1S/C19H25N3O/c1-14(2)22(13-15-11-20-21(3)12-15)19(23)18-9-8-16-6-4-5-7-17(16)10-18/h8-12,14H,4-7,13H2,1-3H3. The lowest BCUT2D eigenvalue weighted by Gasteiger charge is -2.27. The Balaban J connectivity index is 1.83. The van der Waals surface area contributed by atoms with Crippen molar-refractivity contribution in [3.05, 3.63) is 52.8 Å². The molecule has 2 aromatic rings. The summed E-state index contributed by atoms with van der Waals surface area (Å²) in [5.41, 5.74) is 4.64. The van der Waals surface area contributed by atoms with Gasteiger partial charge in [-0.25, -0.2) is 0 Å². The summed E-state index contributed by atoms with van der Waals surface area (Å²) in [5.74, 6) is 0.109. The molecule has 0 saturated carbocycles. The van der Waals surface area contributed by atoms with Gasteiger partial charge in [-0.1, -0.05) is 6.07 Å². The molecule has 0 N–H and O–H groups in total. The Morgan fingerprint density at radius 2 is 2.00 bits per heavy atom. The molecule has 3 rings (SSSR count). The molecule has 122 valence electrons. The third kappa shape index (κ3) is 3.46. The van der Waals surface area contributed by atoms with Gasteiger partial charge in [0.1, 0.15) is 0 Å². The van der Waals surface area contributed by atoms with Crippen molar-refractivity contribution in [2.75, 3.05) is 0 Å². The highest BCUT2D eigenvalue weighted by molar-refractivity contribution is 5.94. The number of amides is 1. The van der Waals surface area contributed by atoms with Crippen LogP contribution in [0.4, 0.5) is 0 Å². The normalized spacial score (nSPS) is 13.9. The Bertz CT molecular complexity index is 702. The van der Waals surface area contributed by atoms with E-state index in [-0.39, 0.29) is 11.9 Å². The number of hydrogen-bond donors (Lipinski definition) is 0. The topological polar surface area (TPSA) is 38.1 Å². The van der Waals surface area contributed by atoms with Gasteiger partial charge in [0.15, 0.2) is 0 Å². The minimum atomic E-state index is 0.109. The van der Waals surface area contributed by atoms with Crippen molar-refractivity contribution in [1.82, 2.24) is 14.7 Å². The van der Waals surface area contributed by atoms with Crippen molar-refractivity contribution < 1.29 is 4.79 Å². The van der Waals surface area contributed by atoms with E-state index in [0.717, 1.165) is 24.0 Å². The summed E-state index contributed by atoms with van der Waals surface area (Å²) in [6.07, 6.45) is 8.53. The molecule has 1 aliphatic carbocycles. The highest BCUT2D eigenvalue weighted by atomic mass is 16.2. The average Bonchev–Trinajstić information content (AvgIpc) is 2.96. The molecule has 4 heteroatoms. The van der Waals surface area contributed by atoms with Gasteiger partial charge < -0.3 is 4.90 Å². The molecular formula is C19H25N3O. The summed E-state index contributed by atoms with van der Waals surface area (Å²) < 4.78 is 1.78. The molecule has 0 radical (unpaired) electrons. The fourth-order valence-corrected chi connectivity index (χ4v) is 3.27. The van der Waals surface area contributed by atoms with Crippen molar-refractivity contribution in [3.8, 4) is 0 Å². The fraction of sp³-hybridized carbons (Fsp3) is 0.474. The second-order valence-electron chi connectivity index (χ2n) is 6.74. The van der Waals surface area contributed by atoms with E-state index < -0.39 is 0 Å². The predicted molar refractivity (Wildman–Crippen MR) is 91.3 cm³/mol. The molecule has 1 aliphatic rings.